The predicted octanol–water partition coefficient (Wildman–Crippen LogP) is 1.03. The minimum absolute atomic E-state index is 0.0432. The highest BCUT2D eigenvalue weighted by Gasteiger charge is 2.33. The van der Waals surface area contributed by atoms with Crippen LogP contribution in [-0.4, -0.2) is 22.7 Å². The molecule has 0 saturated carbocycles. The van der Waals surface area contributed by atoms with E-state index in [1.165, 1.54) is 14.0 Å². The van der Waals surface area contributed by atoms with E-state index in [1.807, 2.05) is 0 Å². The topological polar surface area (TPSA) is 46.9 Å². The first-order valence-electron chi connectivity index (χ1n) is 3.72. The summed E-state index contributed by atoms with van der Waals surface area (Å²) in [6, 6.07) is 0. The van der Waals surface area contributed by atoms with Crippen LogP contribution >= 0.6 is 0 Å². The van der Waals surface area contributed by atoms with Gasteiger partial charge in [0.15, 0.2) is 0 Å². The van der Waals surface area contributed by atoms with Crippen molar-refractivity contribution < 1.29 is 18.0 Å². The Morgan fingerprint density at radius 3 is 2.50 bits per heavy atom. The van der Waals surface area contributed by atoms with Crippen LogP contribution in [0.4, 0.5) is 13.2 Å². The third-order valence-electron chi connectivity index (χ3n) is 1.63. The van der Waals surface area contributed by atoms with Crippen LogP contribution in [0.2, 0.25) is 0 Å². The van der Waals surface area contributed by atoms with E-state index in [0.717, 1.165) is 0 Å². The molecule has 78 valence electrons. The van der Waals surface area contributed by atoms with Gasteiger partial charge in [0.05, 0.1) is 11.3 Å². The van der Waals surface area contributed by atoms with Crippen molar-refractivity contribution in [3.05, 3.63) is 17.5 Å². The lowest BCUT2D eigenvalue weighted by molar-refractivity contribution is -0.212. The maximum Gasteiger partial charge on any atom is 0.504 e. The van der Waals surface area contributed by atoms with E-state index in [0.29, 0.717) is 6.20 Å². The minimum atomic E-state index is -4.59. The van der Waals surface area contributed by atoms with Gasteiger partial charge in [-0.25, -0.2) is 0 Å². The van der Waals surface area contributed by atoms with Crippen LogP contribution in [0.15, 0.2) is 6.20 Å². The van der Waals surface area contributed by atoms with Crippen molar-refractivity contribution in [2.75, 3.05) is 7.05 Å². The molecule has 0 aromatic carbocycles. The van der Waals surface area contributed by atoms with Crippen LogP contribution in [0.5, 0.6) is 0 Å². The van der Waals surface area contributed by atoms with Gasteiger partial charge in [0.25, 0.3) is 5.91 Å². The number of hydrogen-bond donors (Lipinski definition) is 1. The van der Waals surface area contributed by atoms with Gasteiger partial charge in [-0.1, -0.05) is 0 Å². The first kappa shape index (κ1) is 10.6. The number of carbonyl (C=O) groups is 1. The second-order valence-electron chi connectivity index (χ2n) is 2.62. The number of hydrogen-bond acceptors (Lipinski definition) is 2. The van der Waals surface area contributed by atoms with E-state index in [4.69, 9.17) is 0 Å². The Morgan fingerprint density at radius 1 is 1.57 bits per heavy atom. The lowest BCUT2D eigenvalue weighted by Gasteiger charge is -2.03. The van der Waals surface area contributed by atoms with Gasteiger partial charge in [0.2, 0.25) is 0 Å². The summed E-state index contributed by atoms with van der Waals surface area (Å²) in [6.45, 7) is 1.34. The summed E-state index contributed by atoms with van der Waals surface area (Å²) in [6.07, 6.45) is -3.93. The molecule has 0 unspecified atom stereocenters. The Bertz CT molecular complexity index is 356. The number of alkyl halides is 3. The molecule has 0 bridgehead atoms. The van der Waals surface area contributed by atoms with Crippen molar-refractivity contribution in [2.45, 2.75) is 13.2 Å². The van der Waals surface area contributed by atoms with E-state index in [2.05, 4.69) is 10.4 Å². The van der Waals surface area contributed by atoms with Crippen LogP contribution < -0.4 is 5.32 Å². The second kappa shape index (κ2) is 3.32. The zero-order chi connectivity index (χ0) is 10.9. The number of rotatable bonds is 1. The van der Waals surface area contributed by atoms with Gasteiger partial charge < -0.3 is 5.32 Å². The summed E-state index contributed by atoms with van der Waals surface area (Å²) < 4.78 is 36.2. The van der Waals surface area contributed by atoms with Gasteiger partial charge in [0, 0.05) is 13.2 Å². The third-order valence-corrected chi connectivity index (χ3v) is 1.63. The van der Waals surface area contributed by atoms with Gasteiger partial charge in [0.1, 0.15) is 0 Å². The molecule has 0 aliphatic carbocycles. The van der Waals surface area contributed by atoms with E-state index in [1.54, 1.807) is 0 Å². The average Bonchev–Trinajstić information content (AvgIpc) is 2.45. The Hall–Kier alpha value is -1.53. The summed E-state index contributed by atoms with van der Waals surface area (Å²) >= 11 is 0. The van der Waals surface area contributed by atoms with E-state index >= 15 is 0 Å². The fraction of sp³-hybridized carbons (Fsp3) is 0.429. The fourth-order valence-electron chi connectivity index (χ4n) is 0.948. The smallest absolute Gasteiger partial charge is 0.355 e. The molecule has 0 radical (unpaired) electrons. The lowest BCUT2D eigenvalue weighted by atomic mass is 10.2. The molecule has 7 heteroatoms. The Morgan fingerprint density at radius 2 is 2.14 bits per heavy atom. The predicted molar refractivity (Wildman–Crippen MR) is 41.7 cm³/mol. The number of carbonyl (C=O) groups excluding carboxylic acids is 1. The summed E-state index contributed by atoms with van der Waals surface area (Å²) in [5.74, 6) is -0.585. The molecule has 4 nitrogen and oxygen atoms in total. The van der Waals surface area contributed by atoms with Crippen molar-refractivity contribution in [3.8, 4) is 0 Å². The molecule has 14 heavy (non-hydrogen) atoms. The van der Waals surface area contributed by atoms with Gasteiger partial charge in [-0.05, 0) is 6.92 Å². The van der Waals surface area contributed by atoms with Crippen LogP contribution in [0, 0.1) is 6.92 Å². The summed E-state index contributed by atoms with van der Waals surface area (Å²) in [5, 5.41) is 5.41. The molecule has 0 spiro atoms. The first-order chi connectivity index (χ1) is 6.36. The Kier molecular flexibility index (Phi) is 2.50. The molecule has 0 fully saturated rings. The van der Waals surface area contributed by atoms with Crippen LogP contribution in [0.3, 0.4) is 0 Å². The number of amides is 1. The van der Waals surface area contributed by atoms with E-state index in [-0.39, 0.29) is 15.9 Å². The highest BCUT2D eigenvalue weighted by Crippen LogP contribution is 2.22. The lowest BCUT2D eigenvalue weighted by Crippen LogP contribution is -2.19. The number of aromatic nitrogens is 2. The first-order valence-corrected chi connectivity index (χ1v) is 3.72. The van der Waals surface area contributed by atoms with Crippen molar-refractivity contribution in [3.63, 3.8) is 0 Å². The fourth-order valence-corrected chi connectivity index (χ4v) is 0.948. The van der Waals surface area contributed by atoms with Gasteiger partial charge in [-0.15, -0.1) is 13.2 Å². The zero-order valence-corrected chi connectivity index (χ0v) is 7.51. The van der Waals surface area contributed by atoms with Crippen molar-refractivity contribution in [1.82, 2.24) is 15.1 Å². The third kappa shape index (κ3) is 1.86. The van der Waals surface area contributed by atoms with Gasteiger partial charge in [-0.3, -0.25) is 4.79 Å². The van der Waals surface area contributed by atoms with Crippen molar-refractivity contribution in [1.29, 1.82) is 0 Å². The second-order valence-corrected chi connectivity index (χ2v) is 2.62. The summed E-state index contributed by atoms with van der Waals surface area (Å²) in [4.78, 5) is 11.0. The van der Waals surface area contributed by atoms with Gasteiger partial charge >= 0.3 is 6.30 Å². The Balaban J connectivity index is 3.12. The molecule has 1 N–H and O–H groups in total. The molecular formula is C7H8F3N3O. The molecule has 0 aliphatic rings. The maximum atomic E-state index is 12.1. The quantitative estimate of drug-likeness (QED) is 0.747. The summed E-state index contributed by atoms with van der Waals surface area (Å²) in [5.41, 5.74) is -0.0356. The maximum absolute atomic E-state index is 12.1. The SMILES string of the molecule is CNC(=O)c1cn(C(F)(F)F)nc1C. The molecule has 0 aliphatic heterocycles. The molecule has 1 heterocycles. The molecular weight excluding hydrogens is 199 g/mol. The number of nitrogens with one attached hydrogen (secondary N) is 1. The highest BCUT2D eigenvalue weighted by atomic mass is 19.4. The van der Waals surface area contributed by atoms with Crippen LogP contribution in [0.25, 0.3) is 0 Å². The average molecular weight is 207 g/mol. The molecule has 1 rings (SSSR count). The summed E-state index contributed by atoms with van der Waals surface area (Å²) in [7, 11) is 1.34. The molecule has 1 amide bonds. The highest BCUT2D eigenvalue weighted by molar-refractivity contribution is 5.94. The van der Waals surface area contributed by atoms with E-state index in [9.17, 15) is 18.0 Å². The molecule has 1 aromatic heterocycles. The van der Waals surface area contributed by atoms with Crippen LogP contribution in [-0.2, 0) is 6.30 Å². The number of halogens is 3. The number of nitrogens with zero attached hydrogens (tertiary/aromatic N) is 2. The molecule has 0 saturated heterocycles. The largest absolute Gasteiger partial charge is 0.504 e. The Labute approximate surface area is 77.7 Å². The normalized spacial score (nSPS) is 11.5. The number of aryl methyl sites for hydroxylation is 1. The van der Waals surface area contributed by atoms with Crippen LogP contribution in [0.1, 0.15) is 16.1 Å². The molecule has 1 aromatic rings. The van der Waals surface area contributed by atoms with Crippen molar-refractivity contribution in [2.24, 2.45) is 0 Å². The van der Waals surface area contributed by atoms with E-state index < -0.39 is 12.2 Å². The molecule has 0 atom stereocenters. The zero-order valence-electron chi connectivity index (χ0n) is 7.51. The minimum Gasteiger partial charge on any atom is -0.355 e. The standard InChI is InChI=1S/C7H8F3N3O/c1-4-5(6(14)11-2)3-13(12-4)7(8,9)10/h3H,1-2H3,(H,11,14). The van der Waals surface area contributed by atoms with Gasteiger partial charge in [-0.2, -0.15) is 9.78 Å². The van der Waals surface area contributed by atoms with Crippen molar-refractivity contribution >= 4 is 5.91 Å². The monoisotopic (exact) mass is 207 g/mol.